The number of benzene rings is 12. The summed E-state index contributed by atoms with van der Waals surface area (Å²) in [5.74, 6) is -0.0338. The predicted octanol–water partition coefficient (Wildman–Crippen LogP) is 31.2. The Bertz CT molecular complexity index is 4800. The van der Waals surface area contributed by atoms with Crippen molar-refractivity contribution in [3.63, 3.8) is 0 Å². The SMILES string of the molecule is C/C(=N\N1[C@H](C)CCC[C@@H]1C)c1ccccn1.C[C@@H]1CCC[C@H](C)N1[N-]C(C)(C(=O)c1ccccc1)c1ccccn1.C[C@@H]1CCC[C@H](C)N1[N-]C(C)(C(=O)c1ccccc1)c1ccccn1.[CH2-]c1ccccc1.[CH2-]c1ccccc1.[CH2-]c1ccccc1.[CH2-]c1ccccc1.[CH2-]c1ccccc1.[CH2-]c1ccccc1.[CH2-]c1ccccc1.[CH2-]c1ccccc1.[CH2-]c1ccccc1.[CH2-]c1ccccc1.[Zr+4].[Zr+4].[Zr+4]. The second kappa shape index (κ2) is 71.5. The van der Waals surface area contributed by atoms with Crippen LogP contribution >= 0.6 is 0 Å². The van der Waals surface area contributed by atoms with Crippen molar-refractivity contribution in [2.24, 2.45) is 5.10 Å². The van der Waals surface area contributed by atoms with Gasteiger partial charge >= 0.3 is 78.6 Å². The van der Waals surface area contributed by atoms with Crippen LogP contribution in [0.4, 0.5) is 0 Å². The maximum absolute atomic E-state index is 13.4. The van der Waals surface area contributed by atoms with E-state index in [4.69, 9.17) is 16.0 Å². The van der Waals surface area contributed by atoms with E-state index in [-0.39, 0.29) is 90.2 Å². The molecule has 3 fully saturated rings. The zero-order chi connectivity index (χ0) is 99.1. The Morgan fingerprint density at radius 3 is 0.614 bits per heavy atom. The quantitative estimate of drug-likeness (QED) is 0.0673. The second-order valence-electron chi connectivity index (χ2n) is 33.9. The molecule has 0 bridgehead atoms. The number of pyridine rings is 3. The largest absolute Gasteiger partial charge is 4.00 e. The Kier molecular flexibility index (Phi) is 62.4. The van der Waals surface area contributed by atoms with Crippen LogP contribution in [0.5, 0.6) is 0 Å². The summed E-state index contributed by atoms with van der Waals surface area (Å²) in [4.78, 5) is 40.1. The van der Waals surface area contributed by atoms with E-state index in [1.165, 1.54) is 32.1 Å². The normalized spacial score (nSPS) is 15.9. The maximum atomic E-state index is 13.4. The third-order valence-electron chi connectivity index (χ3n) is 22.1. The number of nitrogens with zero attached hydrogens (tertiary/aromatic N) is 9. The van der Waals surface area contributed by atoms with E-state index in [9.17, 15) is 9.59 Å². The molecular weight excluding hydrogens is 1950 g/mol. The summed E-state index contributed by atoms with van der Waals surface area (Å²) in [5, 5.41) is 11.2. The summed E-state index contributed by atoms with van der Waals surface area (Å²) in [6.45, 7) is 56.3. The Morgan fingerprint density at radius 2 is 0.443 bits per heavy atom. The fraction of sp³-hybridized carbons (Fsp3) is 0.206. The molecule has 3 aliphatic heterocycles. The van der Waals surface area contributed by atoms with Gasteiger partial charge in [0.1, 0.15) is 0 Å². The number of aromatic nitrogens is 3. The second-order valence-corrected chi connectivity index (χ2v) is 33.9. The number of carbonyl (C=O) groups excluding carboxylic acids is 2. The van der Waals surface area contributed by atoms with Gasteiger partial charge in [0.25, 0.3) is 0 Å². The number of carbonyl (C=O) groups is 2. The topological polar surface area (TPSA) is 123 Å². The first-order chi connectivity index (χ1) is 66.2. The molecule has 3 aliphatic rings. The van der Waals surface area contributed by atoms with E-state index in [1.54, 1.807) is 12.4 Å². The maximum Gasteiger partial charge on any atom is 4.00 e. The van der Waals surface area contributed by atoms with Crippen molar-refractivity contribution < 1.29 is 88.2 Å². The molecule has 716 valence electrons. The molecule has 15 aromatic rings. The van der Waals surface area contributed by atoms with Crippen molar-refractivity contribution in [2.45, 2.75) is 167 Å². The van der Waals surface area contributed by atoms with Crippen molar-refractivity contribution in [3.05, 3.63) is 601 Å². The van der Waals surface area contributed by atoms with Gasteiger partial charge in [-0.05, 0) is 137 Å². The van der Waals surface area contributed by atoms with Gasteiger partial charge in [-0.15, -0.1) is 121 Å². The smallest absolute Gasteiger partial charge is 0.577 e. The minimum atomic E-state index is -1.03. The monoisotopic (exact) mass is 2080 g/mol. The first-order valence-corrected chi connectivity index (χ1v) is 47.2. The Morgan fingerprint density at radius 1 is 0.264 bits per heavy atom. The molecule has 0 N–H and O–H groups in total. The first-order valence-electron chi connectivity index (χ1n) is 47.2. The van der Waals surface area contributed by atoms with Gasteiger partial charge in [-0.3, -0.25) is 29.5 Å². The summed E-state index contributed by atoms with van der Waals surface area (Å²) in [6.07, 6.45) is 15.9. The van der Waals surface area contributed by atoms with Crippen molar-refractivity contribution in [2.75, 3.05) is 0 Å². The van der Waals surface area contributed by atoms with Gasteiger partial charge in [0, 0.05) is 53.2 Å². The summed E-state index contributed by atoms with van der Waals surface area (Å²) < 4.78 is 0. The van der Waals surface area contributed by atoms with Crippen LogP contribution in [-0.4, -0.2) is 83.5 Å². The van der Waals surface area contributed by atoms with Crippen molar-refractivity contribution in [3.8, 4) is 0 Å². The van der Waals surface area contributed by atoms with Crippen molar-refractivity contribution in [1.82, 2.24) is 30.0 Å². The van der Waals surface area contributed by atoms with Crippen LogP contribution in [0, 0.1) is 69.2 Å². The fourth-order valence-corrected chi connectivity index (χ4v) is 14.3. The van der Waals surface area contributed by atoms with Gasteiger partial charge in [-0.1, -0.05) is 194 Å². The molecule has 12 aromatic carbocycles. The summed E-state index contributed by atoms with van der Waals surface area (Å²) in [6, 6.07) is 137. The van der Waals surface area contributed by atoms with Crippen LogP contribution in [0.15, 0.2) is 442 Å². The van der Waals surface area contributed by atoms with Crippen LogP contribution in [0.3, 0.4) is 0 Å². The van der Waals surface area contributed by atoms with Crippen LogP contribution in [0.25, 0.3) is 10.9 Å². The number of piperidine rings is 3. The molecule has 11 nitrogen and oxygen atoms in total. The standard InChI is InChI=1S/2C21H26N3O.C14H21N3.10C7H7.3Zr/c2*1-16-10-9-11-17(2)24(16)23-21(3,19-14-7-8-15-22-19)20(25)18-12-5-4-6-13-18;1-11-7-6-8-12(2)17(11)16-13(3)14-9-4-5-10-15-14;10*1-7-5-3-2-4-6-7;;;/h2*4-8,12-17H,9-11H2,1-3H3;4-5,9-12H,6-8H2,1-3H3;10*2-6H,1H2;;;/q2*-1;;10*-1;3*+4/b;;16-13+;;;;;;;;;;;;;/t2*16-,17+,21?;11-,12+;;;;;;;;;;;;;. The number of Topliss-reactive ketones (excluding diaryl/α,β-unsaturated/α-hetero) is 2. The van der Waals surface area contributed by atoms with Gasteiger partial charge in [0.2, 0.25) is 0 Å². The zero-order valence-electron chi connectivity index (χ0n) is 83.8. The van der Waals surface area contributed by atoms with Gasteiger partial charge in [0.05, 0.1) is 11.4 Å². The van der Waals surface area contributed by atoms with E-state index in [0.29, 0.717) is 58.8 Å². The molecule has 0 spiro atoms. The third-order valence-corrected chi connectivity index (χ3v) is 22.1. The van der Waals surface area contributed by atoms with Crippen molar-refractivity contribution in [1.29, 1.82) is 0 Å². The fourth-order valence-electron chi connectivity index (χ4n) is 14.3. The summed E-state index contributed by atoms with van der Waals surface area (Å²) in [7, 11) is 0. The van der Waals surface area contributed by atoms with Crippen LogP contribution in [0.1, 0.15) is 214 Å². The van der Waals surface area contributed by atoms with Crippen molar-refractivity contribution >= 4 is 17.3 Å². The minimum Gasteiger partial charge on any atom is -0.577 e. The van der Waals surface area contributed by atoms with Crippen LogP contribution in [-0.2, 0) is 89.7 Å². The number of ketones is 2. The number of hydrogen-bond donors (Lipinski definition) is 0. The van der Waals surface area contributed by atoms with E-state index in [0.717, 1.165) is 92.7 Å². The summed E-state index contributed by atoms with van der Waals surface area (Å²) >= 11 is 0. The molecule has 3 aromatic heterocycles. The van der Waals surface area contributed by atoms with Crippen LogP contribution in [0.2, 0.25) is 0 Å². The molecule has 18 rings (SSSR count). The molecule has 6 heterocycles. The average Bonchev–Trinajstić information content (AvgIpc) is 0.780. The van der Waals surface area contributed by atoms with Gasteiger partial charge < -0.3 is 20.9 Å². The van der Waals surface area contributed by atoms with E-state index in [2.05, 4.69) is 141 Å². The molecular formula is C126H143N9O2Zr3. The minimum absolute atomic E-state index is 0. The zero-order valence-corrected chi connectivity index (χ0v) is 91.2. The van der Waals surface area contributed by atoms with Gasteiger partial charge in [0.15, 0.2) is 11.6 Å². The summed E-state index contributed by atoms with van der Waals surface area (Å²) in [5.41, 5.74) is 23.3. The molecule has 8 atom stereocenters. The average molecular weight is 2090 g/mol. The van der Waals surface area contributed by atoms with E-state index in [1.807, 2.05) is 446 Å². The molecule has 3 saturated heterocycles. The van der Waals surface area contributed by atoms with Gasteiger partial charge in [-0.25, -0.2) is 0 Å². The molecule has 0 saturated carbocycles. The molecule has 14 heteroatoms. The molecule has 0 aliphatic carbocycles. The number of hydrazone groups is 1. The number of rotatable bonds is 12. The third kappa shape index (κ3) is 49.3. The Hall–Kier alpha value is -11.9. The first kappa shape index (κ1) is 122. The predicted molar refractivity (Wildman–Crippen MR) is 581 cm³/mol. The molecule has 0 amide bonds. The van der Waals surface area contributed by atoms with E-state index >= 15 is 0 Å². The molecule has 2 unspecified atom stereocenters. The molecule has 0 radical (unpaired) electrons. The van der Waals surface area contributed by atoms with E-state index < -0.39 is 11.1 Å². The number of hydrogen-bond acceptors (Lipinski definition) is 9. The van der Waals surface area contributed by atoms with Crippen LogP contribution < -0.4 is 0 Å². The van der Waals surface area contributed by atoms with Gasteiger partial charge in [-0.2, -0.15) is 251 Å². The molecule has 140 heavy (non-hydrogen) atoms. The Balaban J connectivity index is 0.000000405. The Labute approximate surface area is 900 Å².